The third-order valence-corrected chi connectivity index (χ3v) is 4.32. The van der Waals surface area contributed by atoms with E-state index in [2.05, 4.69) is 22.8 Å². The molecule has 0 bridgehead atoms. The van der Waals surface area contributed by atoms with Crippen LogP contribution in [0.4, 0.5) is 0 Å². The lowest BCUT2D eigenvalue weighted by atomic mass is 9.98. The van der Waals surface area contributed by atoms with E-state index in [1.165, 1.54) is 0 Å². The molecule has 0 aromatic heterocycles. The van der Waals surface area contributed by atoms with Gasteiger partial charge >= 0.3 is 0 Å². The van der Waals surface area contributed by atoms with Crippen LogP contribution in [0.25, 0.3) is 10.8 Å². The van der Waals surface area contributed by atoms with Gasteiger partial charge in [0.1, 0.15) is 5.75 Å². The Hall–Kier alpha value is -2.07. The second-order valence-corrected chi connectivity index (χ2v) is 5.73. The molecule has 3 rings (SSSR count). The van der Waals surface area contributed by atoms with Crippen LogP contribution < -0.4 is 15.4 Å². The van der Waals surface area contributed by atoms with E-state index >= 15 is 0 Å². The van der Waals surface area contributed by atoms with Crippen LogP contribution in [0.1, 0.15) is 18.4 Å². The molecule has 0 radical (unpaired) electrons. The number of benzene rings is 2. The minimum absolute atomic E-state index is 0.0784. The molecule has 1 unspecified atom stereocenters. The summed E-state index contributed by atoms with van der Waals surface area (Å²) in [6.07, 6.45) is 2.03. The largest absolute Gasteiger partial charge is 0.496 e. The molecule has 1 fully saturated rings. The number of rotatable bonds is 4. The van der Waals surface area contributed by atoms with Gasteiger partial charge in [0.2, 0.25) is 5.91 Å². The van der Waals surface area contributed by atoms with Crippen LogP contribution in [-0.2, 0) is 11.3 Å². The average molecular weight is 298 g/mol. The van der Waals surface area contributed by atoms with Crippen molar-refractivity contribution in [2.75, 3.05) is 20.2 Å². The number of carbonyl (C=O) groups excluding carboxylic acids is 1. The lowest BCUT2D eigenvalue weighted by Crippen LogP contribution is -2.40. The summed E-state index contributed by atoms with van der Waals surface area (Å²) in [5.74, 6) is 1.03. The Balaban J connectivity index is 1.79. The minimum atomic E-state index is 0.0784. The summed E-state index contributed by atoms with van der Waals surface area (Å²) < 4.78 is 5.47. The first-order valence-electron chi connectivity index (χ1n) is 7.82. The molecule has 2 N–H and O–H groups in total. The highest BCUT2D eigenvalue weighted by Crippen LogP contribution is 2.27. The molecular formula is C18H22N2O2. The van der Waals surface area contributed by atoms with Crippen LogP contribution >= 0.6 is 0 Å². The number of hydrogen-bond acceptors (Lipinski definition) is 3. The molecule has 2 aromatic rings. The van der Waals surface area contributed by atoms with Crippen molar-refractivity contribution in [3.8, 4) is 5.75 Å². The van der Waals surface area contributed by atoms with Gasteiger partial charge in [-0.25, -0.2) is 0 Å². The number of methoxy groups -OCH3 is 1. The van der Waals surface area contributed by atoms with Gasteiger partial charge in [-0.1, -0.05) is 30.3 Å². The summed E-state index contributed by atoms with van der Waals surface area (Å²) in [6.45, 7) is 2.29. The molecule has 1 amide bonds. The Morgan fingerprint density at radius 2 is 2.18 bits per heavy atom. The Morgan fingerprint density at radius 1 is 1.32 bits per heavy atom. The maximum absolute atomic E-state index is 12.3. The number of piperidine rings is 1. The van der Waals surface area contributed by atoms with Gasteiger partial charge in [0.25, 0.3) is 0 Å². The number of nitrogens with one attached hydrogen (secondary N) is 2. The van der Waals surface area contributed by atoms with Gasteiger partial charge < -0.3 is 15.4 Å². The molecule has 1 aliphatic rings. The summed E-state index contributed by atoms with van der Waals surface area (Å²) in [4.78, 5) is 12.3. The normalized spacial score (nSPS) is 18.1. The van der Waals surface area contributed by atoms with E-state index < -0.39 is 0 Å². The Labute approximate surface area is 130 Å². The molecule has 22 heavy (non-hydrogen) atoms. The monoisotopic (exact) mass is 298 g/mol. The third-order valence-electron chi connectivity index (χ3n) is 4.32. The van der Waals surface area contributed by atoms with E-state index in [1.807, 2.05) is 24.3 Å². The quantitative estimate of drug-likeness (QED) is 0.911. The predicted octanol–water partition coefficient (Wildman–Crippen LogP) is 2.46. The summed E-state index contributed by atoms with van der Waals surface area (Å²) in [5, 5.41) is 8.64. The van der Waals surface area contributed by atoms with Gasteiger partial charge in [-0.05, 0) is 36.2 Å². The van der Waals surface area contributed by atoms with Gasteiger partial charge in [0.15, 0.2) is 0 Å². The highest BCUT2D eigenvalue weighted by Gasteiger charge is 2.21. The summed E-state index contributed by atoms with van der Waals surface area (Å²) in [5.41, 5.74) is 1.04. The number of fused-ring (bicyclic) bond motifs is 1. The van der Waals surface area contributed by atoms with Gasteiger partial charge in [0.05, 0.1) is 13.0 Å². The number of ether oxygens (including phenoxy) is 1. The Morgan fingerprint density at radius 3 is 2.95 bits per heavy atom. The molecule has 0 spiro atoms. The van der Waals surface area contributed by atoms with E-state index in [4.69, 9.17) is 4.74 Å². The SMILES string of the molecule is COc1ccc2ccccc2c1CNC(=O)C1CCCNC1. The topological polar surface area (TPSA) is 50.4 Å². The van der Waals surface area contributed by atoms with Crippen molar-refractivity contribution < 1.29 is 9.53 Å². The fraction of sp³-hybridized carbons (Fsp3) is 0.389. The molecule has 4 nitrogen and oxygen atoms in total. The van der Waals surface area contributed by atoms with E-state index in [0.29, 0.717) is 6.54 Å². The molecule has 1 aliphatic heterocycles. The molecule has 0 aliphatic carbocycles. The molecule has 4 heteroatoms. The standard InChI is InChI=1S/C18H22N2O2/c1-22-17-9-8-13-5-2-3-7-15(13)16(17)12-20-18(21)14-6-4-10-19-11-14/h2-3,5,7-9,14,19H,4,6,10-12H2,1H3,(H,20,21). The first-order chi connectivity index (χ1) is 10.8. The van der Waals surface area contributed by atoms with Crippen LogP contribution in [0.2, 0.25) is 0 Å². The van der Waals surface area contributed by atoms with Crippen molar-refractivity contribution in [2.45, 2.75) is 19.4 Å². The van der Waals surface area contributed by atoms with Crippen LogP contribution in [0.5, 0.6) is 5.75 Å². The second kappa shape index (κ2) is 6.79. The van der Waals surface area contributed by atoms with Crippen LogP contribution in [-0.4, -0.2) is 26.1 Å². The van der Waals surface area contributed by atoms with Crippen molar-refractivity contribution >= 4 is 16.7 Å². The lowest BCUT2D eigenvalue weighted by Gasteiger charge is -2.22. The molecule has 0 saturated carbocycles. The zero-order chi connectivity index (χ0) is 15.4. The molecule has 1 atom stereocenters. The second-order valence-electron chi connectivity index (χ2n) is 5.73. The van der Waals surface area contributed by atoms with Crippen molar-refractivity contribution in [1.82, 2.24) is 10.6 Å². The van der Waals surface area contributed by atoms with E-state index in [9.17, 15) is 4.79 Å². The first-order valence-corrected chi connectivity index (χ1v) is 7.82. The molecule has 1 saturated heterocycles. The Kier molecular flexibility index (Phi) is 4.59. The van der Waals surface area contributed by atoms with E-state index in [1.54, 1.807) is 7.11 Å². The van der Waals surface area contributed by atoms with E-state index in [0.717, 1.165) is 48.0 Å². The third kappa shape index (κ3) is 3.07. The minimum Gasteiger partial charge on any atom is -0.496 e. The van der Waals surface area contributed by atoms with Gasteiger partial charge in [-0.3, -0.25) is 4.79 Å². The summed E-state index contributed by atoms with van der Waals surface area (Å²) in [6, 6.07) is 12.2. The molecule has 1 heterocycles. The Bertz CT molecular complexity index is 663. The van der Waals surface area contributed by atoms with Crippen LogP contribution in [0.3, 0.4) is 0 Å². The maximum atomic E-state index is 12.3. The summed E-state index contributed by atoms with van der Waals surface area (Å²) >= 11 is 0. The predicted molar refractivity (Wildman–Crippen MR) is 87.9 cm³/mol. The zero-order valence-electron chi connectivity index (χ0n) is 12.9. The van der Waals surface area contributed by atoms with Crippen LogP contribution in [0, 0.1) is 5.92 Å². The highest BCUT2D eigenvalue weighted by molar-refractivity contribution is 5.88. The van der Waals surface area contributed by atoms with Crippen molar-refractivity contribution in [1.29, 1.82) is 0 Å². The van der Waals surface area contributed by atoms with Crippen molar-refractivity contribution in [2.24, 2.45) is 5.92 Å². The molecule has 116 valence electrons. The fourth-order valence-corrected chi connectivity index (χ4v) is 3.08. The van der Waals surface area contributed by atoms with Crippen molar-refractivity contribution in [3.05, 3.63) is 42.0 Å². The number of carbonyl (C=O) groups is 1. The smallest absolute Gasteiger partial charge is 0.224 e. The maximum Gasteiger partial charge on any atom is 0.224 e. The van der Waals surface area contributed by atoms with Crippen LogP contribution in [0.15, 0.2) is 36.4 Å². The van der Waals surface area contributed by atoms with Gasteiger partial charge in [0, 0.05) is 18.7 Å². The highest BCUT2D eigenvalue weighted by atomic mass is 16.5. The van der Waals surface area contributed by atoms with Crippen molar-refractivity contribution in [3.63, 3.8) is 0 Å². The van der Waals surface area contributed by atoms with Gasteiger partial charge in [-0.15, -0.1) is 0 Å². The molecule has 2 aromatic carbocycles. The lowest BCUT2D eigenvalue weighted by molar-refractivity contribution is -0.125. The first kappa shape index (κ1) is 14.9. The molecular weight excluding hydrogens is 276 g/mol. The van der Waals surface area contributed by atoms with E-state index in [-0.39, 0.29) is 11.8 Å². The number of hydrogen-bond donors (Lipinski definition) is 2. The zero-order valence-corrected chi connectivity index (χ0v) is 12.9. The summed E-state index contributed by atoms with van der Waals surface area (Å²) in [7, 11) is 1.67. The number of amides is 1. The van der Waals surface area contributed by atoms with Gasteiger partial charge in [-0.2, -0.15) is 0 Å². The fourth-order valence-electron chi connectivity index (χ4n) is 3.08. The average Bonchev–Trinajstić information content (AvgIpc) is 2.60.